The molecule has 0 saturated heterocycles. The lowest BCUT2D eigenvalue weighted by atomic mass is 10.1. The van der Waals surface area contributed by atoms with Crippen LogP contribution in [0.4, 0.5) is 4.39 Å². The molecule has 4 nitrogen and oxygen atoms in total. The first kappa shape index (κ1) is 15.5. The molecule has 0 bridgehead atoms. The van der Waals surface area contributed by atoms with Crippen molar-refractivity contribution in [3.8, 4) is 11.6 Å². The number of rotatable bonds is 5. The molecule has 114 valence electrons. The number of aromatic nitrogens is 2. The molecule has 0 aliphatic rings. The minimum absolute atomic E-state index is 0.0591. The number of nitrogens with zero attached hydrogens (tertiary/aromatic N) is 2. The number of aryl methyl sites for hydroxylation is 3. The Morgan fingerprint density at radius 3 is 2.76 bits per heavy atom. The summed E-state index contributed by atoms with van der Waals surface area (Å²) >= 11 is 0. The van der Waals surface area contributed by atoms with Gasteiger partial charge < -0.3 is 10.5 Å². The predicted octanol–water partition coefficient (Wildman–Crippen LogP) is 3.25. The number of ether oxygens (including phenoxy) is 1. The summed E-state index contributed by atoms with van der Waals surface area (Å²) in [4.78, 5) is 0. The van der Waals surface area contributed by atoms with E-state index < -0.39 is 0 Å². The molecule has 1 aromatic carbocycles. The van der Waals surface area contributed by atoms with E-state index in [1.165, 1.54) is 12.1 Å². The maximum Gasteiger partial charge on any atom is 0.221 e. The van der Waals surface area contributed by atoms with E-state index >= 15 is 0 Å². The summed E-state index contributed by atoms with van der Waals surface area (Å²) in [5.74, 6) is 0.815. The van der Waals surface area contributed by atoms with Crippen molar-refractivity contribution in [1.29, 1.82) is 0 Å². The van der Waals surface area contributed by atoms with Gasteiger partial charge in [0.1, 0.15) is 11.6 Å². The van der Waals surface area contributed by atoms with Crippen LogP contribution in [-0.2, 0) is 13.5 Å². The van der Waals surface area contributed by atoms with Gasteiger partial charge in [-0.3, -0.25) is 0 Å². The first-order valence-electron chi connectivity index (χ1n) is 7.14. The first-order valence-corrected chi connectivity index (χ1v) is 7.14. The SMILES string of the molecule is CCC(N)Cc1c(C)nn(C)c1Oc1cc(F)ccc1C. The normalized spacial score (nSPS) is 12.5. The molecule has 0 saturated carbocycles. The Balaban J connectivity index is 2.37. The Kier molecular flexibility index (Phi) is 4.63. The van der Waals surface area contributed by atoms with Gasteiger partial charge in [0.15, 0.2) is 0 Å². The van der Waals surface area contributed by atoms with E-state index in [4.69, 9.17) is 10.5 Å². The number of halogens is 1. The van der Waals surface area contributed by atoms with Crippen LogP contribution in [0.5, 0.6) is 11.6 Å². The lowest BCUT2D eigenvalue weighted by Gasteiger charge is -2.13. The van der Waals surface area contributed by atoms with Crippen LogP contribution in [0.15, 0.2) is 18.2 Å². The summed E-state index contributed by atoms with van der Waals surface area (Å²) in [5.41, 5.74) is 8.80. The van der Waals surface area contributed by atoms with Crippen molar-refractivity contribution in [3.05, 3.63) is 40.8 Å². The molecular formula is C16H22FN3O. The zero-order chi connectivity index (χ0) is 15.6. The quantitative estimate of drug-likeness (QED) is 0.920. The van der Waals surface area contributed by atoms with Crippen LogP contribution in [0.2, 0.25) is 0 Å². The van der Waals surface area contributed by atoms with Crippen molar-refractivity contribution in [1.82, 2.24) is 9.78 Å². The molecule has 0 fully saturated rings. The summed E-state index contributed by atoms with van der Waals surface area (Å²) in [7, 11) is 1.82. The third-order valence-corrected chi connectivity index (χ3v) is 3.64. The predicted molar refractivity (Wildman–Crippen MR) is 81.1 cm³/mol. The summed E-state index contributed by atoms with van der Waals surface area (Å²) in [6, 6.07) is 4.57. The average Bonchev–Trinajstić information content (AvgIpc) is 2.69. The summed E-state index contributed by atoms with van der Waals surface area (Å²) in [6.07, 6.45) is 1.58. The zero-order valence-corrected chi connectivity index (χ0v) is 13.0. The summed E-state index contributed by atoms with van der Waals surface area (Å²) < 4.78 is 21.0. The van der Waals surface area contributed by atoms with Gasteiger partial charge in [0.05, 0.1) is 5.69 Å². The molecule has 2 N–H and O–H groups in total. The third-order valence-electron chi connectivity index (χ3n) is 3.64. The Morgan fingerprint density at radius 1 is 1.38 bits per heavy atom. The lowest BCUT2D eigenvalue weighted by molar-refractivity contribution is 0.418. The van der Waals surface area contributed by atoms with E-state index in [1.54, 1.807) is 10.7 Å². The van der Waals surface area contributed by atoms with Crippen molar-refractivity contribution in [3.63, 3.8) is 0 Å². The maximum atomic E-state index is 13.4. The maximum absolute atomic E-state index is 13.4. The van der Waals surface area contributed by atoms with E-state index in [2.05, 4.69) is 5.10 Å². The van der Waals surface area contributed by atoms with E-state index in [9.17, 15) is 4.39 Å². The summed E-state index contributed by atoms with van der Waals surface area (Å²) in [5, 5.41) is 4.39. The summed E-state index contributed by atoms with van der Waals surface area (Å²) in [6.45, 7) is 5.87. The highest BCUT2D eigenvalue weighted by Crippen LogP contribution is 2.30. The highest BCUT2D eigenvalue weighted by Gasteiger charge is 2.18. The van der Waals surface area contributed by atoms with Crippen molar-refractivity contribution in [2.75, 3.05) is 0 Å². The molecule has 5 heteroatoms. The minimum atomic E-state index is -0.318. The second-order valence-electron chi connectivity index (χ2n) is 5.38. The van der Waals surface area contributed by atoms with Crippen LogP contribution >= 0.6 is 0 Å². The second kappa shape index (κ2) is 6.26. The van der Waals surface area contributed by atoms with E-state index in [0.29, 0.717) is 18.1 Å². The largest absolute Gasteiger partial charge is 0.439 e. The fourth-order valence-electron chi connectivity index (χ4n) is 2.24. The van der Waals surface area contributed by atoms with Crippen LogP contribution in [0.3, 0.4) is 0 Å². The monoisotopic (exact) mass is 291 g/mol. The molecule has 0 amide bonds. The minimum Gasteiger partial charge on any atom is -0.439 e. The first-order chi connectivity index (χ1) is 9.92. The van der Waals surface area contributed by atoms with Gasteiger partial charge in [0, 0.05) is 24.7 Å². The van der Waals surface area contributed by atoms with Crippen molar-refractivity contribution in [2.45, 2.75) is 39.7 Å². The van der Waals surface area contributed by atoms with Crippen LogP contribution in [0.25, 0.3) is 0 Å². The Bertz CT molecular complexity index is 637. The van der Waals surface area contributed by atoms with Crippen molar-refractivity contribution >= 4 is 0 Å². The van der Waals surface area contributed by atoms with Gasteiger partial charge >= 0.3 is 0 Å². The van der Waals surface area contributed by atoms with Gasteiger partial charge in [-0.25, -0.2) is 9.07 Å². The van der Waals surface area contributed by atoms with Crippen molar-refractivity contribution in [2.24, 2.45) is 12.8 Å². The van der Waals surface area contributed by atoms with Gasteiger partial charge in [0.25, 0.3) is 0 Å². The Hall–Kier alpha value is -1.88. The molecule has 0 aliphatic heterocycles. The average molecular weight is 291 g/mol. The molecule has 21 heavy (non-hydrogen) atoms. The molecule has 1 atom stereocenters. The lowest BCUT2D eigenvalue weighted by Crippen LogP contribution is -2.21. The highest BCUT2D eigenvalue weighted by molar-refractivity contribution is 5.40. The van der Waals surface area contributed by atoms with Crippen molar-refractivity contribution < 1.29 is 9.13 Å². The Labute approximate surface area is 124 Å². The molecule has 1 unspecified atom stereocenters. The number of nitrogens with two attached hydrogens (primary N) is 1. The molecule has 0 spiro atoms. The highest BCUT2D eigenvalue weighted by atomic mass is 19.1. The van der Waals surface area contributed by atoms with Crippen LogP contribution < -0.4 is 10.5 Å². The molecule has 1 aromatic heterocycles. The second-order valence-corrected chi connectivity index (χ2v) is 5.38. The van der Waals surface area contributed by atoms with E-state index in [1.807, 2.05) is 27.8 Å². The smallest absolute Gasteiger partial charge is 0.221 e. The zero-order valence-electron chi connectivity index (χ0n) is 13.0. The fraction of sp³-hybridized carbons (Fsp3) is 0.438. The van der Waals surface area contributed by atoms with Crippen LogP contribution in [-0.4, -0.2) is 15.8 Å². The molecule has 1 heterocycles. The molecule has 0 radical (unpaired) electrons. The number of benzene rings is 1. The topological polar surface area (TPSA) is 53.1 Å². The van der Waals surface area contributed by atoms with E-state index in [0.717, 1.165) is 23.2 Å². The Morgan fingerprint density at radius 2 is 2.10 bits per heavy atom. The molecule has 2 rings (SSSR count). The number of hydrogen-bond donors (Lipinski definition) is 1. The van der Waals surface area contributed by atoms with Crippen LogP contribution in [0, 0.1) is 19.7 Å². The van der Waals surface area contributed by atoms with E-state index in [-0.39, 0.29) is 11.9 Å². The standard InChI is InChI=1S/C16H22FN3O/c1-5-13(18)9-14-11(3)19-20(4)16(14)21-15-8-12(17)7-6-10(15)2/h6-8,13H,5,9,18H2,1-4H3. The van der Waals surface area contributed by atoms with Crippen LogP contribution in [0.1, 0.15) is 30.2 Å². The van der Waals surface area contributed by atoms with Gasteiger partial charge in [0.2, 0.25) is 5.88 Å². The molecule has 0 aliphatic carbocycles. The van der Waals surface area contributed by atoms with Gasteiger partial charge in [-0.2, -0.15) is 5.10 Å². The fourth-order valence-corrected chi connectivity index (χ4v) is 2.24. The third kappa shape index (κ3) is 3.42. The molecular weight excluding hydrogens is 269 g/mol. The number of hydrogen-bond acceptors (Lipinski definition) is 3. The van der Waals surface area contributed by atoms with Gasteiger partial charge in [-0.15, -0.1) is 0 Å². The van der Waals surface area contributed by atoms with Gasteiger partial charge in [-0.1, -0.05) is 13.0 Å². The molecule has 2 aromatic rings. The van der Waals surface area contributed by atoms with Gasteiger partial charge in [-0.05, 0) is 38.3 Å².